The lowest BCUT2D eigenvalue weighted by atomic mass is 10.1. The lowest BCUT2D eigenvalue weighted by Crippen LogP contribution is -2.51. The maximum atomic E-state index is 14.7. The van der Waals surface area contributed by atoms with Crippen molar-refractivity contribution in [3.8, 4) is 11.5 Å². The number of amides is 2. The van der Waals surface area contributed by atoms with E-state index in [1.165, 1.54) is 68.5 Å². The molecule has 0 bridgehead atoms. The Morgan fingerprint density at radius 2 is 1.66 bits per heavy atom. The molecule has 0 saturated heterocycles. The van der Waals surface area contributed by atoms with Gasteiger partial charge < -0.3 is 19.7 Å². The fourth-order valence-corrected chi connectivity index (χ4v) is 5.59. The van der Waals surface area contributed by atoms with Crippen molar-refractivity contribution in [2.24, 2.45) is 0 Å². The van der Waals surface area contributed by atoms with Crippen LogP contribution in [0.2, 0.25) is 0 Å². The molecule has 0 aliphatic heterocycles. The molecule has 1 unspecified atom stereocenters. The maximum Gasteiger partial charge on any atom is 0.264 e. The summed E-state index contributed by atoms with van der Waals surface area (Å²) in [6.45, 7) is 2.99. The van der Waals surface area contributed by atoms with Gasteiger partial charge in [-0.15, -0.1) is 0 Å². The first-order valence-corrected chi connectivity index (χ1v) is 14.7. The number of carbonyl (C=O) groups is 2. The van der Waals surface area contributed by atoms with Crippen LogP contribution in [-0.4, -0.2) is 58.5 Å². The number of benzene rings is 3. The highest BCUT2D eigenvalue weighted by molar-refractivity contribution is 7.92. The van der Waals surface area contributed by atoms with E-state index in [-0.39, 0.29) is 28.4 Å². The Labute approximate surface area is 240 Å². The van der Waals surface area contributed by atoms with E-state index in [1.54, 1.807) is 30.3 Å². The Hall–Kier alpha value is -4.12. The van der Waals surface area contributed by atoms with Crippen molar-refractivity contribution in [3.05, 3.63) is 84.2 Å². The monoisotopic (exact) mass is 585 g/mol. The minimum Gasteiger partial charge on any atom is -0.497 e. The molecule has 0 aliphatic carbocycles. The number of anilines is 1. The number of carbonyl (C=O) groups excluding carboxylic acids is 2. The van der Waals surface area contributed by atoms with Crippen molar-refractivity contribution in [1.82, 2.24) is 10.2 Å². The summed E-state index contributed by atoms with van der Waals surface area (Å²) in [5.74, 6) is -1.17. The van der Waals surface area contributed by atoms with Crippen LogP contribution in [0, 0.1) is 5.82 Å². The van der Waals surface area contributed by atoms with Crippen LogP contribution in [0.15, 0.2) is 77.7 Å². The highest BCUT2D eigenvalue weighted by Crippen LogP contribution is 2.36. The van der Waals surface area contributed by atoms with Gasteiger partial charge in [0.15, 0.2) is 0 Å². The predicted molar refractivity (Wildman–Crippen MR) is 155 cm³/mol. The van der Waals surface area contributed by atoms with E-state index in [0.29, 0.717) is 12.3 Å². The van der Waals surface area contributed by atoms with Gasteiger partial charge in [0.25, 0.3) is 10.0 Å². The molecule has 3 aromatic carbocycles. The van der Waals surface area contributed by atoms with Crippen molar-refractivity contribution >= 4 is 27.5 Å². The number of hydrogen-bond donors (Lipinski definition) is 1. The van der Waals surface area contributed by atoms with Gasteiger partial charge in [-0.2, -0.15) is 0 Å². The Bertz CT molecular complexity index is 1440. The second-order valence-electron chi connectivity index (χ2n) is 9.30. The molecule has 9 nitrogen and oxygen atoms in total. The molecule has 0 radical (unpaired) electrons. The third kappa shape index (κ3) is 7.75. The fraction of sp³-hybridized carbons (Fsp3) is 0.333. The minimum absolute atomic E-state index is 0.0521. The molecule has 11 heteroatoms. The number of halogens is 1. The molecule has 41 heavy (non-hydrogen) atoms. The molecule has 2 amide bonds. The zero-order chi connectivity index (χ0) is 30.0. The van der Waals surface area contributed by atoms with Gasteiger partial charge in [-0.1, -0.05) is 49.7 Å². The van der Waals surface area contributed by atoms with E-state index < -0.39 is 40.2 Å². The highest BCUT2D eigenvalue weighted by atomic mass is 32.2. The summed E-state index contributed by atoms with van der Waals surface area (Å²) in [5, 5.41) is 2.80. The van der Waals surface area contributed by atoms with Crippen LogP contribution in [0.3, 0.4) is 0 Å². The highest BCUT2D eigenvalue weighted by Gasteiger charge is 2.34. The number of ether oxygens (including phenoxy) is 2. The average molecular weight is 586 g/mol. The number of rotatable bonds is 14. The maximum absolute atomic E-state index is 14.7. The van der Waals surface area contributed by atoms with Gasteiger partial charge in [0.05, 0.1) is 24.8 Å². The normalized spacial score (nSPS) is 11.8. The van der Waals surface area contributed by atoms with Crippen LogP contribution in [0.1, 0.15) is 32.3 Å². The summed E-state index contributed by atoms with van der Waals surface area (Å²) in [7, 11) is -1.49. The topological polar surface area (TPSA) is 105 Å². The van der Waals surface area contributed by atoms with Gasteiger partial charge in [0.1, 0.15) is 29.9 Å². The Morgan fingerprint density at radius 3 is 2.29 bits per heavy atom. The summed E-state index contributed by atoms with van der Waals surface area (Å²) >= 11 is 0. The predicted octanol–water partition coefficient (Wildman–Crippen LogP) is 4.37. The quantitative estimate of drug-likeness (QED) is 0.282. The molecule has 0 aromatic heterocycles. The molecule has 0 heterocycles. The van der Waals surface area contributed by atoms with Gasteiger partial charge >= 0.3 is 0 Å². The molecule has 3 aromatic rings. The van der Waals surface area contributed by atoms with E-state index in [4.69, 9.17) is 9.47 Å². The van der Waals surface area contributed by atoms with Crippen LogP contribution in [0.4, 0.5) is 10.1 Å². The number of hydrogen-bond acceptors (Lipinski definition) is 6. The van der Waals surface area contributed by atoms with Crippen LogP contribution < -0.4 is 19.1 Å². The Morgan fingerprint density at radius 1 is 0.976 bits per heavy atom. The summed E-state index contributed by atoms with van der Waals surface area (Å²) < 4.78 is 54.3. The summed E-state index contributed by atoms with van der Waals surface area (Å²) in [6.07, 6.45) is 1.61. The van der Waals surface area contributed by atoms with Crippen molar-refractivity contribution < 1.29 is 31.9 Å². The number of methoxy groups -OCH3 is 2. The number of unbranched alkanes of at least 4 members (excludes halogenated alkanes) is 1. The summed E-state index contributed by atoms with van der Waals surface area (Å²) in [6, 6.07) is 17.1. The minimum atomic E-state index is -4.31. The Balaban J connectivity index is 2.09. The second-order valence-corrected chi connectivity index (χ2v) is 11.2. The van der Waals surface area contributed by atoms with E-state index in [1.807, 2.05) is 6.92 Å². The fourth-order valence-electron chi connectivity index (χ4n) is 4.15. The third-order valence-electron chi connectivity index (χ3n) is 6.56. The van der Waals surface area contributed by atoms with Gasteiger partial charge in [-0.25, -0.2) is 12.8 Å². The third-order valence-corrected chi connectivity index (χ3v) is 8.33. The van der Waals surface area contributed by atoms with Crippen LogP contribution >= 0.6 is 0 Å². The van der Waals surface area contributed by atoms with Gasteiger partial charge in [-0.3, -0.25) is 13.9 Å². The molecule has 0 saturated carbocycles. The van der Waals surface area contributed by atoms with Crippen LogP contribution in [0.5, 0.6) is 11.5 Å². The molecular weight excluding hydrogens is 549 g/mol. The second kappa shape index (κ2) is 14.5. The molecule has 1 atom stereocenters. The van der Waals surface area contributed by atoms with E-state index in [9.17, 15) is 22.4 Å². The first kappa shape index (κ1) is 31.4. The molecule has 220 valence electrons. The molecule has 0 aliphatic rings. The largest absolute Gasteiger partial charge is 0.497 e. The summed E-state index contributed by atoms with van der Waals surface area (Å²) in [5.41, 5.74) is 0.250. The standard InChI is InChI=1S/C30H36FN3O6S/c1-5-6-18-32-30(36)22(2)33(20-23-12-10-11-15-26(23)31)29(35)21-34(41(37,38)25-13-8-7-9-14-25)27-19-24(39-3)16-17-28(27)40-4/h7-17,19,22H,5-6,18,20-21H2,1-4H3,(H,32,36). The van der Waals surface area contributed by atoms with Gasteiger partial charge in [0.2, 0.25) is 11.8 Å². The zero-order valence-electron chi connectivity index (χ0n) is 23.7. The van der Waals surface area contributed by atoms with E-state index >= 15 is 0 Å². The summed E-state index contributed by atoms with van der Waals surface area (Å²) in [4.78, 5) is 28.2. The zero-order valence-corrected chi connectivity index (χ0v) is 24.5. The number of nitrogens with zero attached hydrogens (tertiary/aromatic N) is 2. The van der Waals surface area contributed by atoms with E-state index in [0.717, 1.165) is 17.1 Å². The molecule has 3 rings (SSSR count). The van der Waals surface area contributed by atoms with Crippen molar-refractivity contribution in [3.63, 3.8) is 0 Å². The lowest BCUT2D eigenvalue weighted by Gasteiger charge is -2.32. The number of sulfonamides is 1. The molecule has 0 spiro atoms. The van der Waals surface area contributed by atoms with Crippen molar-refractivity contribution in [1.29, 1.82) is 0 Å². The molecular formula is C30H36FN3O6S. The van der Waals surface area contributed by atoms with Crippen LogP contribution in [0.25, 0.3) is 0 Å². The van der Waals surface area contributed by atoms with E-state index in [2.05, 4.69) is 5.32 Å². The van der Waals surface area contributed by atoms with Gasteiger partial charge in [0, 0.05) is 24.7 Å². The van der Waals surface area contributed by atoms with Crippen molar-refractivity contribution in [2.45, 2.75) is 44.2 Å². The Kier molecular flexibility index (Phi) is 11.1. The lowest BCUT2D eigenvalue weighted by molar-refractivity contribution is -0.139. The van der Waals surface area contributed by atoms with Crippen LogP contribution in [-0.2, 0) is 26.2 Å². The van der Waals surface area contributed by atoms with Gasteiger partial charge in [-0.05, 0) is 43.7 Å². The van der Waals surface area contributed by atoms with Crippen molar-refractivity contribution in [2.75, 3.05) is 31.6 Å². The SMILES string of the molecule is CCCCNC(=O)C(C)N(Cc1ccccc1F)C(=O)CN(c1cc(OC)ccc1OC)S(=O)(=O)c1ccccc1. The number of nitrogens with one attached hydrogen (secondary N) is 1. The first-order chi connectivity index (χ1) is 19.6. The smallest absolute Gasteiger partial charge is 0.264 e. The molecule has 1 N–H and O–H groups in total. The average Bonchev–Trinajstić information content (AvgIpc) is 2.99. The molecule has 0 fully saturated rings. The first-order valence-electron chi connectivity index (χ1n) is 13.2.